The fourth-order valence-corrected chi connectivity index (χ4v) is 4.20. The molecule has 0 aliphatic carbocycles. The summed E-state index contributed by atoms with van der Waals surface area (Å²) in [4.78, 5) is 19.3. The van der Waals surface area contributed by atoms with Crippen LogP contribution in [0.4, 0.5) is 11.8 Å². The van der Waals surface area contributed by atoms with E-state index >= 15 is 0 Å². The Labute approximate surface area is 238 Å². The Kier molecular flexibility index (Phi) is 20.5. The Bertz CT molecular complexity index is 833. The van der Waals surface area contributed by atoms with Crippen molar-refractivity contribution < 1.29 is 0 Å². The average molecular weight is 567 g/mol. The molecule has 10 heteroatoms. The molecule has 2 unspecified atom stereocenters. The lowest BCUT2D eigenvalue weighted by atomic mass is 10.1. The Morgan fingerprint density at radius 1 is 0.722 bits per heavy atom. The van der Waals surface area contributed by atoms with Gasteiger partial charge in [0.25, 0.3) is 0 Å². The highest BCUT2D eigenvalue weighted by Crippen LogP contribution is 2.23. The largest absolute Gasteiger partial charge is 0.366 e. The minimum Gasteiger partial charge on any atom is -0.366 e. The van der Waals surface area contributed by atoms with Gasteiger partial charge >= 0.3 is 0 Å². The number of aryl methyl sites for hydroxylation is 1. The van der Waals surface area contributed by atoms with Crippen LogP contribution in [0.15, 0.2) is 12.1 Å². The normalized spacial score (nSPS) is 12.5. The van der Waals surface area contributed by atoms with Crippen LogP contribution in [0.2, 0.25) is 0 Å². The molecule has 2 atom stereocenters. The first-order chi connectivity index (χ1) is 15.9. The van der Waals surface area contributed by atoms with Gasteiger partial charge in [-0.05, 0) is 97.9 Å². The maximum atomic E-state index is 4.86. The zero-order chi connectivity index (χ0) is 24.2. The quantitative estimate of drug-likeness (QED) is 0.242. The highest BCUT2D eigenvalue weighted by Gasteiger charge is 2.14. The second-order valence-corrected chi connectivity index (χ2v) is 9.15. The number of rotatable bonds is 16. The second kappa shape index (κ2) is 19.9. The summed E-state index contributed by atoms with van der Waals surface area (Å²) < 4.78 is 0. The van der Waals surface area contributed by atoms with Crippen LogP contribution in [0.5, 0.6) is 0 Å². The predicted molar refractivity (Wildman–Crippen MR) is 164 cm³/mol. The molecule has 0 aliphatic heterocycles. The molecule has 0 amide bonds. The van der Waals surface area contributed by atoms with Gasteiger partial charge in [-0.1, -0.05) is 27.7 Å². The molecule has 0 saturated carbocycles. The van der Waals surface area contributed by atoms with Crippen LogP contribution in [0.1, 0.15) is 72.9 Å². The van der Waals surface area contributed by atoms with E-state index < -0.39 is 0 Å². The summed E-state index contributed by atoms with van der Waals surface area (Å²) >= 11 is 0. The molecule has 0 spiro atoms. The Balaban J connectivity index is 0. The van der Waals surface area contributed by atoms with Crippen molar-refractivity contribution in [1.82, 2.24) is 24.8 Å². The van der Waals surface area contributed by atoms with E-state index in [0.29, 0.717) is 18.0 Å². The van der Waals surface area contributed by atoms with Crippen molar-refractivity contribution in [2.45, 2.75) is 86.2 Å². The molecule has 0 saturated heterocycles. The first-order valence-electron chi connectivity index (χ1n) is 13.0. The van der Waals surface area contributed by atoms with Crippen LogP contribution < -0.4 is 10.6 Å². The minimum absolute atomic E-state index is 0. The number of anilines is 2. The van der Waals surface area contributed by atoms with Crippen molar-refractivity contribution in [2.24, 2.45) is 0 Å². The van der Waals surface area contributed by atoms with Crippen LogP contribution in [0.25, 0.3) is 11.0 Å². The molecular formula is C26H50Cl3N7. The van der Waals surface area contributed by atoms with Gasteiger partial charge in [-0.15, -0.1) is 37.2 Å². The molecular weight excluding hydrogens is 517 g/mol. The van der Waals surface area contributed by atoms with Crippen LogP contribution in [-0.4, -0.2) is 76.1 Å². The van der Waals surface area contributed by atoms with Crippen molar-refractivity contribution in [3.05, 3.63) is 17.8 Å². The van der Waals surface area contributed by atoms with Crippen LogP contribution in [-0.2, 0) is 0 Å². The maximum Gasteiger partial charge on any atom is 0.225 e. The molecule has 0 aromatic carbocycles. The van der Waals surface area contributed by atoms with E-state index in [1.807, 2.05) is 19.1 Å². The summed E-state index contributed by atoms with van der Waals surface area (Å²) in [6, 6.07) is 4.70. The maximum absolute atomic E-state index is 4.86. The minimum atomic E-state index is 0. The smallest absolute Gasteiger partial charge is 0.225 e. The molecule has 2 N–H and O–H groups in total. The lowest BCUT2D eigenvalue weighted by molar-refractivity contribution is 0.295. The van der Waals surface area contributed by atoms with Crippen molar-refractivity contribution in [2.75, 3.05) is 49.9 Å². The predicted octanol–water partition coefficient (Wildman–Crippen LogP) is 6.44. The zero-order valence-electron chi connectivity index (χ0n) is 23.3. The molecule has 0 aliphatic rings. The summed E-state index contributed by atoms with van der Waals surface area (Å²) in [5.41, 5.74) is 2.71. The van der Waals surface area contributed by atoms with E-state index in [9.17, 15) is 0 Å². The van der Waals surface area contributed by atoms with Crippen LogP contribution in [0.3, 0.4) is 0 Å². The highest BCUT2D eigenvalue weighted by molar-refractivity contribution is 5.86. The summed E-state index contributed by atoms with van der Waals surface area (Å²) in [5, 5.41) is 7.16. The van der Waals surface area contributed by atoms with Gasteiger partial charge in [-0.3, -0.25) is 0 Å². The molecule has 2 rings (SSSR count). The lowest BCUT2D eigenvalue weighted by Gasteiger charge is -2.21. The molecule has 36 heavy (non-hydrogen) atoms. The number of pyridine rings is 1. The van der Waals surface area contributed by atoms with Gasteiger partial charge < -0.3 is 20.4 Å². The molecule has 2 heterocycles. The van der Waals surface area contributed by atoms with Gasteiger partial charge in [0.05, 0.1) is 5.52 Å². The SMILES string of the molecule is CCN(CC)CCCC(C)Nc1nc(NC(C)CCCN(CC)CC)c2nc(C)ccc2n1.Cl.Cl.Cl. The van der Waals surface area contributed by atoms with E-state index in [1.54, 1.807) is 0 Å². The van der Waals surface area contributed by atoms with E-state index in [2.05, 4.69) is 62.0 Å². The van der Waals surface area contributed by atoms with E-state index in [-0.39, 0.29) is 37.2 Å². The van der Waals surface area contributed by atoms with Gasteiger partial charge in [0.15, 0.2) is 5.82 Å². The highest BCUT2D eigenvalue weighted by atomic mass is 35.5. The van der Waals surface area contributed by atoms with E-state index in [0.717, 1.165) is 74.7 Å². The zero-order valence-corrected chi connectivity index (χ0v) is 25.8. The molecule has 2 aromatic rings. The first kappa shape index (κ1) is 37.0. The summed E-state index contributed by atoms with van der Waals surface area (Å²) in [6.45, 7) is 22.1. The molecule has 210 valence electrons. The fraction of sp³-hybridized carbons (Fsp3) is 0.731. The molecule has 0 fully saturated rings. The van der Waals surface area contributed by atoms with E-state index in [1.165, 1.54) is 12.8 Å². The van der Waals surface area contributed by atoms with Gasteiger partial charge in [0.1, 0.15) is 5.52 Å². The third kappa shape index (κ3) is 12.4. The third-order valence-electron chi connectivity index (χ3n) is 6.45. The molecule has 0 bridgehead atoms. The van der Waals surface area contributed by atoms with Crippen molar-refractivity contribution in [3.8, 4) is 0 Å². The van der Waals surface area contributed by atoms with Gasteiger partial charge in [0.2, 0.25) is 5.95 Å². The number of aromatic nitrogens is 3. The van der Waals surface area contributed by atoms with Crippen LogP contribution >= 0.6 is 37.2 Å². The number of nitrogens with zero attached hydrogens (tertiary/aromatic N) is 5. The lowest BCUT2D eigenvalue weighted by Crippen LogP contribution is -2.26. The van der Waals surface area contributed by atoms with E-state index in [4.69, 9.17) is 15.0 Å². The first-order valence-corrected chi connectivity index (χ1v) is 13.0. The monoisotopic (exact) mass is 565 g/mol. The van der Waals surface area contributed by atoms with Crippen molar-refractivity contribution >= 4 is 60.0 Å². The Hall–Kier alpha value is -1.12. The van der Waals surface area contributed by atoms with Crippen molar-refractivity contribution in [3.63, 3.8) is 0 Å². The Morgan fingerprint density at radius 2 is 1.22 bits per heavy atom. The number of fused-ring (bicyclic) bond motifs is 1. The topological polar surface area (TPSA) is 69.2 Å². The summed E-state index contributed by atoms with van der Waals surface area (Å²) in [5.74, 6) is 1.51. The molecule has 2 aromatic heterocycles. The summed E-state index contributed by atoms with van der Waals surface area (Å²) in [7, 11) is 0. The third-order valence-corrected chi connectivity index (χ3v) is 6.45. The fourth-order valence-electron chi connectivity index (χ4n) is 4.20. The molecule has 0 radical (unpaired) electrons. The van der Waals surface area contributed by atoms with Gasteiger partial charge in [0, 0.05) is 17.8 Å². The molecule has 7 nitrogen and oxygen atoms in total. The average Bonchev–Trinajstić information content (AvgIpc) is 2.80. The van der Waals surface area contributed by atoms with Crippen molar-refractivity contribution in [1.29, 1.82) is 0 Å². The summed E-state index contributed by atoms with van der Waals surface area (Å²) in [6.07, 6.45) is 4.52. The van der Waals surface area contributed by atoms with Gasteiger partial charge in [-0.25, -0.2) is 9.97 Å². The number of hydrogen-bond acceptors (Lipinski definition) is 7. The number of hydrogen-bond donors (Lipinski definition) is 2. The number of halogens is 3. The number of nitrogens with one attached hydrogen (secondary N) is 2. The van der Waals surface area contributed by atoms with Gasteiger partial charge in [-0.2, -0.15) is 4.98 Å². The standard InChI is InChI=1S/C26H47N7.3ClH/c1-8-32(9-2)18-12-14-20(5)28-25-24-23(17-16-22(7)27-24)30-26(31-25)29-21(6)15-13-19-33(10-3)11-4;;;/h16-17,20-21H,8-15,18-19H2,1-7H3,(H2,28,29,30,31);3*1H. The van der Waals surface area contributed by atoms with Crippen LogP contribution in [0, 0.1) is 6.92 Å². The Morgan fingerprint density at radius 3 is 1.72 bits per heavy atom. The second-order valence-electron chi connectivity index (χ2n) is 9.15.